The number of hydrogen-bond acceptors (Lipinski definition) is 4. The fourth-order valence-electron chi connectivity index (χ4n) is 2.07. The number of rotatable bonds is 4. The lowest BCUT2D eigenvalue weighted by Crippen LogP contribution is -2.17. The molecule has 1 N–H and O–H groups in total. The van der Waals surface area contributed by atoms with E-state index < -0.39 is 0 Å². The fraction of sp³-hybridized carbons (Fsp3) is 0.692. The highest BCUT2D eigenvalue weighted by atomic mass is 16.5. The summed E-state index contributed by atoms with van der Waals surface area (Å²) in [6, 6.07) is 2.01. The van der Waals surface area contributed by atoms with E-state index in [0.29, 0.717) is 5.92 Å². The average Bonchev–Trinajstić information content (AvgIpc) is 2.37. The summed E-state index contributed by atoms with van der Waals surface area (Å²) in [7, 11) is 0. The molecular weight excluding hydrogens is 214 g/mol. The Labute approximate surface area is 103 Å². The summed E-state index contributed by atoms with van der Waals surface area (Å²) in [5, 5.41) is 3.33. The number of nitrogens with zero attached hydrogens (tertiary/aromatic N) is 2. The third kappa shape index (κ3) is 3.40. The summed E-state index contributed by atoms with van der Waals surface area (Å²) in [4.78, 5) is 9.18. The summed E-state index contributed by atoms with van der Waals surface area (Å²) < 4.78 is 5.38. The normalized spacial score (nSPS) is 17.1. The van der Waals surface area contributed by atoms with Crippen LogP contribution in [-0.4, -0.2) is 29.7 Å². The SMILES string of the molecule is CCCNc1cc(C)nc(C2CCOCC2)n1. The Morgan fingerprint density at radius 2 is 2.12 bits per heavy atom. The van der Waals surface area contributed by atoms with E-state index in [1.165, 1.54) is 0 Å². The van der Waals surface area contributed by atoms with Gasteiger partial charge in [0.15, 0.2) is 0 Å². The van der Waals surface area contributed by atoms with Gasteiger partial charge in [-0.05, 0) is 26.2 Å². The Kier molecular flexibility index (Phi) is 4.31. The number of aromatic nitrogens is 2. The van der Waals surface area contributed by atoms with Gasteiger partial charge in [-0.3, -0.25) is 0 Å². The minimum Gasteiger partial charge on any atom is -0.381 e. The van der Waals surface area contributed by atoms with Gasteiger partial charge >= 0.3 is 0 Å². The highest BCUT2D eigenvalue weighted by Crippen LogP contribution is 2.25. The number of hydrogen-bond donors (Lipinski definition) is 1. The summed E-state index contributed by atoms with van der Waals surface area (Å²) >= 11 is 0. The Bertz CT molecular complexity index is 362. The fourth-order valence-corrected chi connectivity index (χ4v) is 2.07. The Balaban J connectivity index is 2.12. The third-order valence-electron chi connectivity index (χ3n) is 3.01. The molecule has 0 saturated carbocycles. The van der Waals surface area contributed by atoms with Crippen LogP contribution in [0.5, 0.6) is 0 Å². The van der Waals surface area contributed by atoms with Gasteiger partial charge in [-0.15, -0.1) is 0 Å². The maximum atomic E-state index is 5.38. The maximum absolute atomic E-state index is 5.38. The Morgan fingerprint density at radius 1 is 1.35 bits per heavy atom. The van der Waals surface area contributed by atoms with E-state index in [-0.39, 0.29) is 0 Å². The van der Waals surface area contributed by atoms with Crippen molar-refractivity contribution in [1.29, 1.82) is 0 Å². The van der Waals surface area contributed by atoms with Gasteiger partial charge in [0.2, 0.25) is 0 Å². The van der Waals surface area contributed by atoms with Gasteiger partial charge in [-0.2, -0.15) is 0 Å². The highest BCUT2D eigenvalue weighted by molar-refractivity contribution is 5.36. The van der Waals surface area contributed by atoms with Crippen LogP contribution in [0.4, 0.5) is 5.82 Å². The molecule has 1 fully saturated rings. The topological polar surface area (TPSA) is 47.0 Å². The second-order valence-corrected chi connectivity index (χ2v) is 4.57. The Morgan fingerprint density at radius 3 is 2.82 bits per heavy atom. The van der Waals surface area contributed by atoms with Crippen LogP contribution in [0.1, 0.15) is 43.6 Å². The lowest BCUT2D eigenvalue weighted by molar-refractivity contribution is 0.0836. The van der Waals surface area contributed by atoms with E-state index >= 15 is 0 Å². The summed E-state index contributed by atoms with van der Waals surface area (Å²) in [6.07, 6.45) is 3.18. The molecular formula is C13H21N3O. The molecule has 94 valence electrons. The third-order valence-corrected chi connectivity index (χ3v) is 3.01. The van der Waals surface area contributed by atoms with E-state index in [1.807, 2.05) is 13.0 Å². The van der Waals surface area contributed by atoms with Crippen LogP contribution in [-0.2, 0) is 4.74 Å². The monoisotopic (exact) mass is 235 g/mol. The lowest BCUT2D eigenvalue weighted by Gasteiger charge is -2.21. The molecule has 0 aliphatic carbocycles. The maximum Gasteiger partial charge on any atom is 0.134 e. The number of nitrogens with one attached hydrogen (secondary N) is 1. The van der Waals surface area contributed by atoms with Crippen molar-refractivity contribution in [2.75, 3.05) is 25.1 Å². The van der Waals surface area contributed by atoms with Crippen LogP contribution >= 0.6 is 0 Å². The van der Waals surface area contributed by atoms with Crippen LogP contribution in [0.2, 0.25) is 0 Å². The molecule has 17 heavy (non-hydrogen) atoms. The molecule has 0 bridgehead atoms. The minimum atomic E-state index is 0.464. The van der Waals surface area contributed by atoms with Crippen molar-refractivity contribution in [1.82, 2.24) is 9.97 Å². The van der Waals surface area contributed by atoms with Crippen molar-refractivity contribution >= 4 is 5.82 Å². The van der Waals surface area contributed by atoms with Gasteiger partial charge in [-0.25, -0.2) is 9.97 Å². The smallest absolute Gasteiger partial charge is 0.134 e. The molecule has 2 rings (SSSR count). The molecule has 1 aromatic heterocycles. The van der Waals surface area contributed by atoms with Gasteiger partial charge in [0.25, 0.3) is 0 Å². The first kappa shape index (κ1) is 12.3. The second-order valence-electron chi connectivity index (χ2n) is 4.57. The van der Waals surface area contributed by atoms with E-state index in [0.717, 1.165) is 56.4 Å². The minimum absolute atomic E-state index is 0.464. The lowest BCUT2D eigenvalue weighted by atomic mass is 9.99. The number of anilines is 1. The van der Waals surface area contributed by atoms with Gasteiger partial charge in [-0.1, -0.05) is 6.92 Å². The van der Waals surface area contributed by atoms with Crippen molar-refractivity contribution < 1.29 is 4.74 Å². The predicted octanol–water partition coefficient (Wildman–Crippen LogP) is 2.50. The first-order chi connectivity index (χ1) is 8.29. The first-order valence-electron chi connectivity index (χ1n) is 6.46. The predicted molar refractivity (Wildman–Crippen MR) is 68.3 cm³/mol. The van der Waals surface area contributed by atoms with Crippen LogP contribution in [0.15, 0.2) is 6.07 Å². The van der Waals surface area contributed by atoms with Crippen molar-refractivity contribution in [3.05, 3.63) is 17.6 Å². The molecule has 1 aliphatic heterocycles. The van der Waals surface area contributed by atoms with Crippen molar-refractivity contribution in [2.45, 2.75) is 39.0 Å². The largest absolute Gasteiger partial charge is 0.381 e. The van der Waals surface area contributed by atoms with Crippen LogP contribution in [0, 0.1) is 6.92 Å². The average molecular weight is 235 g/mol. The summed E-state index contributed by atoms with van der Waals surface area (Å²) in [5.41, 5.74) is 1.04. The number of ether oxygens (including phenoxy) is 1. The zero-order chi connectivity index (χ0) is 12.1. The second kappa shape index (κ2) is 5.96. The number of aryl methyl sites for hydroxylation is 1. The van der Waals surface area contributed by atoms with Crippen molar-refractivity contribution in [2.24, 2.45) is 0 Å². The molecule has 1 aromatic rings. The standard InChI is InChI=1S/C13H21N3O/c1-3-6-14-12-9-10(2)15-13(16-12)11-4-7-17-8-5-11/h9,11H,3-8H2,1-2H3,(H,14,15,16). The quantitative estimate of drug-likeness (QED) is 0.871. The van der Waals surface area contributed by atoms with Gasteiger partial charge in [0, 0.05) is 37.4 Å². The van der Waals surface area contributed by atoms with Crippen molar-refractivity contribution in [3.8, 4) is 0 Å². The molecule has 4 nitrogen and oxygen atoms in total. The highest BCUT2D eigenvalue weighted by Gasteiger charge is 2.19. The summed E-state index contributed by atoms with van der Waals surface area (Å²) in [5.74, 6) is 2.40. The zero-order valence-corrected chi connectivity index (χ0v) is 10.7. The van der Waals surface area contributed by atoms with Crippen LogP contribution in [0.25, 0.3) is 0 Å². The zero-order valence-electron chi connectivity index (χ0n) is 10.7. The summed E-state index contributed by atoms with van der Waals surface area (Å²) in [6.45, 7) is 6.81. The molecule has 0 atom stereocenters. The van der Waals surface area contributed by atoms with Crippen LogP contribution < -0.4 is 5.32 Å². The molecule has 1 saturated heterocycles. The van der Waals surface area contributed by atoms with Crippen molar-refractivity contribution in [3.63, 3.8) is 0 Å². The van der Waals surface area contributed by atoms with E-state index in [4.69, 9.17) is 4.74 Å². The Hall–Kier alpha value is -1.16. The van der Waals surface area contributed by atoms with E-state index in [1.54, 1.807) is 0 Å². The molecule has 2 heterocycles. The van der Waals surface area contributed by atoms with Gasteiger partial charge < -0.3 is 10.1 Å². The molecule has 0 aromatic carbocycles. The molecule has 1 aliphatic rings. The first-order valence-corrected chi connectivity index (χ1v) is 6.46. The van der Waals surface area contributed by atoms with Gasteiger partial charge in [0.1, 0.15) is 11.6 Å². The molecule has 0 radical (unpaired) electrons. The molecule has 0 spiro atoms. The molecule has 0 amide bonds. The van der Waals surface area contributed by atoms with E-state index in [2.05, 4.69) is 22.2 Å². The molecule has 0 unspecified atom stereocenters. The van der Waals surface area contributed by atoms with Gasteiger partial charge in [0.05, 0.1) is 0 Å². The molecule has 4 heteroatoms. The van der Waals surface area contributed by atoms with Crippen LogP contribution in [0.3, 0.4) is 0 Å². The van der Waals surface area contributed by atoms with E-state index in [9.17, 15) is 0 Å².